The van der Waals surface area contributed by atoms with E-state index in [4.69, 9.17) is 4.74 Å². The number of hydrogen-bond donors (Lipinski definition) is 0. The van der Waals surface area contributed by atoms with E-state index >= 15 is 0 Å². The van der Waals surface area contributed by atoms with Gasteiger partial charge >= 0.3 is 6.18 Å². The van der Waals surface area contributed by atoms with Gasteiger partial charge in [-0.3, -0.25) is 4.90 Å². The van der Waals surface area contributed by atoms with Crippen molar-refractivity contribution in [3.63, 3.8) is 0 Å². The molecule has 2 saturated heterocycles. The number of pyridine rings is 1. The number of ether oxygens (including phenoxy) is 1. The van der Waals surface area contributed by atoms with Gasteiger partial charge in [0.1, 0.15) is 10.6 Å². The van der Waals surface area contributed by atoms with Crippen LogP contribution >= 0.6 is 0 Å². The largest absolute Gasteiger partial charge is 0.433 e. The molecular formula is C16H22F3N3O3S. The Morgan fingerprint density at radius 1 is 1.19 bits per heavy atom. The summed E-state index contributed by atoms with van der Waals surface area (Å²) in [4.78, 5) is 5.49. The van der Waals surface area contributed by atoms with Crippen molar-refractivity contribution >= 4 is 10.0 Å². The van der Waals surface area contributed by atoms with Gasteiger partial charge in [0.05, 0.1) is 12.3 Å². The van der Waals surface area contributed by atoms with Gasteiger partial charge in [0.25, 0.3) is 0 Å². The van der Waals surface area contributed by atoms with Gasteiger partial charge in [0.2, 0.25) is 10.0 Å². The Bertz CT molecular complexity index is 741. The quantitative estimate of drug-likeness (QED) is 0.785. The molecule has 0 aliphatic carbocycles. The number of nitrogens with zero attached hydrogens (tertiary/aromatic N) is 3. The first kappa shape index (κ1) is 19.5. The smallest absolute Gasteiger partial charge is 0.380 e. The molecule has 26 heavy (non-hydrogen) atoms. The lowest BCUT2D eigenvalue weighted by Crippen LogP contribution is -2.53. The zero-order valence-corrected chi connectivity index (χ0v) is 15.3. The third kappa shape index (κ3) is 4.03. The molecule has 0 aromatic carbocycles. The van der Waals surface area contributed by atoms with Crippen LogP contribution in [0.3, 0.4) is 0 Å². The lowest BCUT2D eigenvalue weighted by molar-refractivity contribution is -0.141. The van der Waals surface area contributed by atoms with Crippen molar-refractivity contribution in [3.8, 4) is 0 Å². The minimum absolute atomic E-state index is 0.136. The van der Waals surface area contributed by atoms with Gasteiger partial charge in [-0.05, 0) is 31.9 Å². The number of sulfonamides is 1. The van der Waals surface area contributed by atoms with Crippen molar-refractivity contribution in [1.82, 2.24) is 14.2 Å². The maximum absolute atomic E-state index is 12.8. The summed E-state index contributed by atoms with van der Waals surface area (Å²) in [7, 11) is -3.86. The fraction of sp³-hybridized carbons (Fsp3) is 0.688. The molecule has 2 fully saturated rings. The number of piperazine rings is 1. The maximum atomic E-state index is 12.8. The zero-order valence-electron chi connectivity index (χ0n) is 14.5. The van der Waals surface area contributed by atoms with Crippen LogP contribution in [-0.4, -0.2) is 68.0 Å². The monoisotopic (exact) mass is 393 g/mol. The highest BCUT2D eigenvalue weighted by atomic mass is 32.2. The highest BCUT2D eigenvalue weighted by Crippen LogP contribution is 2.30. The van der Waals surface area contributed by atoms with Gasteiger partial charge in [-0.2, -0.15) is 17.5 Å². The second-order valence-electron chi connectivity index (χ2n) is 6.59. The molecule has 0 N–H and O–H groups in total. The molecule has 0 amide bonds. The van der Waals surface area contributed by atoms with Crippen LogP contribution < -0.4 is 0 Å². The molecule has 3 rings (SSSR count). The van der Waals surface area contributed by atoms with Crippen molar-refractivity contribution in [2.75, 3.05) is 39.4 Å². The van der Waals surface area contributed by atoms with E-state index in [2.05, 4.69) is 9.88 Å². The van der Waals surface area contributed by atoms with E-state index in [0.717, 1.165) is 31.6 Å². The van der Waals surface area contributed by atoms with Gasteiger partial charge in [0.15, 0.2) is 0 Å². The zero-order chi connectivity index (χ0) is 18.9. The summed E-state index contributed by atoms with van der Waals surface area (Å²) in [5.41, 5.74) is -1.22. The summed E-state index contributed by atoms with van der Waals surface area (Å²) < 4.78 is 70.6. The Kier molecular flexibility index (Phi) is 5.57. The molecule has 2 aliphatic rings. The van der Waals surface area contributed by atoms with E-state index in [-0.39, 0.29) is 10.6 Å². The molecular weight excluding hydrogens is 371 g/mol. The Labute approximate surface area is 151 Å². The predicted octanol–water partition coefficient (Wildman–Crippen LogP) is 1.89. The minimum Gasteiger partial charge on any atom is -0.380 e. The molecule has 1 aromatic heterocycles. The average molecular weight is 393 g/mol. The summed E-state index contributed by atoms with van der Waals surface area (Å²) in [6.45, 7) is 4.50. The van der Waals surface area contributed by atoms with Crippen molar-refractivity contribution in [2.45, 2.75) is 36.9 Å². The van der Waals surface area contributed by atoms with E-state index in [1.807, 2.05) is 0 Å². The lowest BCUT2D eigenvalue weighted by atomic mass is 10.1. The summed E-state index contributed by atoms with van der Waals surface area (Å²) >= 11 is 0. The van der Waals surface area contributed by atoms with Crippen molar-refractivity contribution < 1.29 is 26.3 Å². The lowest BCUT2D eigenvalue weighted by Gasteiger charge is -2.40. The van der Waals surface area contributed by atoms with E-state index in [0.29, 0.717) is 38.8 Å². The van der Waals surface area contributed by atoms with Crippen LogP contribution in [0, 0.1) is 6.92 Å². The van der Waals surface area contributed by atoms with E-state index in [1.165, 1.54) is 11.2 Å². The SMILES string of the molecule is Cc1nc(C(F)(F)F)ccc1S(=O)(=O)N1CCN(C2CCCOC2)CC1. The topological polar surface area (TPSA) is 62.7 Å². The maximum Gasteiger partial charge on any atom is 0.433 e. The van der Waals surface area contributed by atoms with Gasteiger partial charge in [0, 0.05) is 38.8 Å². The molecule has 0 spiro atoms. The first-order chi connectivity index (χ1) is 12.2. The highest BCUT2D eigenvalue weighted by molar-refractivity contribution is 7.89. The van der Waals surface area contributed by atoms with Gasteiger partial charge in [-0.25, -0.2) is 13.4 Å². The number of halogens is 3. The molecule has 0 radical (unpaired) electrons. The van der Waals surface area contributed by atoms with Gasteiger partial charge < -0.3 is 4.74 Å². The number of alkyl halides is 3. The molecule has 1 atom stereocenters. The fourth-order valence-electron chi connectivity index (χ4n) is 3.44. The third-order valence-electron chi connectivity index (χ3n) is 4.87. The standard InChI is InChI=1S/C16H22F3N3O3S/c1-12-14(4-5-15(20-12)16(17,18)19)26(23,24)22-8-6-21(7-9-22)13-3-2-10-25-11-13/h4-5,13H,2-3,6-11H2,1H3. The Morgan fingerprint density at radius 2 is 1.88 bits per heavy atom. The average Bonchev–Trinajstić information content (AvgIpc) is 2.61. The molecule has 1 unspecified atom stereocenters. The Balaban J connectivity index is 1.71. The van der Waals surface area contributed by atoms with E-state index < -0.39 is 21.9 Å². The second-order valence-corrected chi connectivity index (χ2v) is 8.50. The second kappa shape index (κ2) is 7.41. The van der Waals surface area contributed by atoms with Crippen LogP contribution in [-0.2, 0) is 20.9 Å². The molecule has 0 saturated carbocycles. The van der Waals surface area contributed by atoms with Gasteiger partial charge in [-0.1, -0.05) is 0 Å². The van der Waals surface area contributed by atoms with Crippen LogP contribution in [0.1, 0.15) is 24.2 Å². The van der Waals surface area contributed by atoms with Crippen LogP contribution in [0.4, 0.5) is 13.2 Å². The molecule has 10 heteroatoms. The molecule has 0 bridgehead atoms. The number of hydrogen-bond acceptors (Lipinski definition) is 5. The predicted molar refractivity (Wildman–Crippen MR) is 88.1 cm³/mol. The fourth-order valence-corrected chi connectivity index (χ4v) is 5.02. The molecule has 1 aromatic rings. The van der Waals surface area contributed by atoms with Crippen LogP contribution in [0.5, 0.6) is 0 Å². The minimum atomic E-state index is -4.60. The first-order valence-corrected chi connectivity index (χ1v) is 10.0. The summed E-state index contributed by atoms with van der Waals surface area (Å²) in [5, 5.41) is 0. The molecule has 3 heterocycles. The number of rotatable bonds is 3. The van der Waals surface area contributed by atoms with Gasteiger partial charge in [-0.15, -0.1) is 0 Å². The summed E-state index contributed by atoms with van der Waals surface area (Å²) in [6, 6.07) is 2.03. The van der Waals surface area contributed by atoms with Crippen LogP contribution in [0.2, 0.25) is 0 Å². The Hall–Kier alpha value is -1.23. The molecule has 6 nitrogen and oxygen atoms in total. The normalized spacial score (nSPS) is 23.9. The van der Waals surface area contributed by atoms with Crippen molar-refractivity contribution in [1.29, 1.82) is 0 Å². The summed E-state index contributed by atoms with van der Waals surface area (Å²) in [6.07, 6.45) is -2.56. The van der Waals surface area contributed by atoms with Crippen molar-refractivity contribution in [2.24, 2.45) is 0 Å². The van der Waals surface area contributed by atoms with E-state index in [1.54, 1.807) is 0 Å². The molecule has 2 aliphatic heterocycles. The first-order valence-electron chi connectivity index (χ1n) is 8.56. The highest BCUT2D eigenvalue weighted by Gasteiger charge is 2.36. The number of aryl methyl sites for hydroxylation is 1. The van der Waals surface area contributed by atoms with Crippen molar-refractivity contribution in [3.05, 3.63) is 23.5 Å². The van der Waals surface area contributed by atoms with E-state index in [9.17, 15) is 21.6 Å². The third-order valence-corrected chi connectivity index (χ3v) is 6.90. The Morgan fingerprint density at radius 3 is 2.42 bits per heavy atom. The number of aromatic nitrogens is 1. The van der Waals surface area contributed by atoms with Crippen LogP contribution in [0.15, 0.2) is 17.0 Å². The molecule has 146 valence electrons. The van der Waals surface area contributed by atoms with Crippen LogP contribution in [0.25, 0.3) is 0 Å². The summed E-state index contributed by atoms with van der Waals surface area (Å²) in [5.74, 6) is 0.